The molecule has 0 radical (unpaired) electrons. The third-order valence-corrected chi connectivity index (χ3v) is 4.08. The fourth-order valence-electron chi connectivity index (χ4n) is 3.12. The van der Waals surface area contributed by atoms with Crippen LogP contribution in [0.2, 0.25) is 0 Å². The molecule has 0 aromatic heterocycles. The van der Waals surface area contributed by atoms with E-state index in [4.69, 9.17) is 0 Å². The van der Waals surface area contributed by atoms with Gasteiger partial charge in [-0.15, -0.1) is 0 Å². The van der Waals surface area contributed by atoms with E-state index in [-0.39, 0.29) is 0 Å². The zero-order valence-electron chi connectivity index (χ0n) is 10.3. The van der Waals surface area contributed by atoms with Gasteiger partial charge in [-0.25, -0.2) is 0 Å². The summed E-state index contributed by atoms with van der Waals surface area (Å²) in [7, 11) is 0. The predicted molar refractivity (Wildman–Crippen MR) is 73.4 cm³/mol. The van der Waals surface area contributed by atoms with Gasteiger partial charge >= 0.3 is 0 Å². The van der Waals surface area contributed by atoms with E-state index in [1.807, 2.05) is 0 Å². The number of rotatable bonds is 0. The Morgan fingerprint density at radius 3 is 2.50 bits per heavy atom. The molecule has 2 aliphatic rings. The topological polar surface area (TPSA) is 15.3 Å². The van der Waals surface area contributed by atoms with Crippen LogP contribution in [0.1, 0.15) is 16.7 Å². The Balaban J connectivity index is 1.78. The summed E-state index contributed by atoms with van der Waals surface area (Å²) in [6.45, 7) is 2.00. The minimum absolute atomic E-state index is 0.454. The summed E-state index contributed by atoms with van der Waals surface area (Å²) < 4.78 is 0. The predicted octanol–water partition coefficient (Wildman–Crippen LogP) is 2.68. The van der Waals surface area contributed by atoms with Crippen molar-refractivity contribution in [2.75, 3.05) is 4.90 Å². The molecule has 0 saturated heterocycles. The number of hydrogen-bond donors (Lipinski definition) is 1. The second-order valence-electron chi connectivity index (χ2n) is 5.13. The van der Waals surface area contributed by atoms with Gasteiger partial charge in [-0.3, -0.25) is 5.32 Å². The van der Waals surface area contributed by atoms with Gasteiger partial charge in [-0.1, -0.05) is 42.5 Å². The van der Waals surface area contributed by atoms with Crippen LogP contribution in [-0.2, 0) is 19.5 Å². The SMILES string of the molecule is c1ccc2c(c1)CNC1Cc3ccccc3N1C2. The van der Waals surface area contributed by atoms with E-state index >= 15 is 0 Å². The molecule has 2 aromatic carbocycles. The molecule has 90 valence electrons. The molecule has 0 bridgehead atoms. The molecule has 2 nitrogen and oxygen atoms in total. The second kappa shape index (κ2) is 3.85. The lowest BCUT2D eigenvalue weighted by Gasteiger charge is -2.25. The molecule has 18 heavy (non-hydrogen) atoms. The lowest BCUT2D eigenvalue weighted by Crippen LogP contribution is -2.40. The molecule has 2 aliphatic heterocycles. The number of fused-ring (bicyclic) bond motifs is 4. The van der Waals surface area contributed by atoms with Crippen LogP contribution in [0.25, 0.3) is 0 Å². The molecule has 2 heteroatoms. The molecule has 0 aliphatic carbocycles. The molecule has 0 spiro atoms. The summed E-state index contributed by atoms with van der Waals surface area (Å²) in [5.41, 5.74) is 5.75. The monoisotopic (exact) mass is 236 g/mol. The first-order valence-corrected chi connectivity index (χ1v) is 6.56. The van der Waals surface area contributed by atoms with Gasteiger partial charge in [0.15, 0.2) is 0 Å². The van der Waals surface area contributed by atoms with Gasteiger partial charge < -0.3 is 4.90 Å². The molecule has 1 unspecified atom stereocenters. The highest BCUT2D eigenvalue weighted by Crippen LogP contribution is 2.34. The fraction of sp³-hybridized carbons (Fsp3) is 0.250. The maximum atomic E-state index is 3.67. The van der Waals surface area contributed by atoms with Crippen LogP contribution >= 0.6 is 0 Å². The van der Waals surface area contributed by atoms with Crippen LogP contribution < -0.4 is 10.2 Å². The minimum Gasteiger partial charge on any atom is -0.351 e. The van der Waals surface area contributed by atoms with Crippen molar-refractivity contribution in [3.63, 3.8) is 0 Å². The van der Waals surface area contributed by atoms with Crippen LogP contribution in [0, 0.1) is 0 Å². The van der Waals surface area contributed by atoms with Crippen molar-refractivity contribution in [1.82, 2.24) is 5.32 Å². The van der Waals surface area contributed by atoms with Gasteiger partial charge in [0.05, 0.1) is 6.17 Å². The van der Waals surface area contributed by atoms with Crippen molar-refractivity contribution in [3.05, 3.63) is 65.2 Å². The number of anilines is 1. The Labute approximate surface area is 107 Å². The van der Waals surface area contributed by atoms with Crippen molar-refractivity contribution in [2.24, 2.45) is 0 Å². The number of hydrogen-bond acceptors (Lipinski definition) is 2. The first-order valence-electron chi connectivity index (χ1n) is 6.56. The zero-order chi connectivity index (χ0) is 11.9. The number of nitrogens with one attached hydrogen (secondary N) is 1. The number of para-hydroxylation sites is 1. The summed E-state index contributed by atoms with van der Waals surface area (Å²) in [5.74, 6) is 0. The van der Waals surface area contributed by atoms with Crippen molar-refractivity contribution in [3.8, 4) is 0 Å². The largest absolute Gasteiger partial charge is 0.351 e. The van der Waals surface area contributed by atoms with Gasteiger partial charge in [0, 0.05) is 25.2 Å². The van der Waals surface area contributed by atoms with Crippen molar-refractivity contribution in [1.29, 1.82) is 0 Å². The Morgan fingerprint density at radius 2 is 1.61 bits per heavy atom. The summed E-state index contributed by atoms with van der Waals surface area (Å²) in [6, 6.07) is 17.5. The molecule has 1 atom stereocenters. The summed E-state index contributed by atoms with van der Waals surface area (Å²) >= 11 is 0. The maximum absolute atomic E-state index is 3.67. The normalized spacial score (nSPS) is 20.9. The van der Waals surface area contributed by atoms with Crippen molar-refractivity contribution >= 4 is 5.69 Å². The van der Waals surface area contributed by atoms with E-state index in [1.54, 1.807) is 0 Å². The Hall–Kier alpha value is -1.80. The smallest absolute Gasteiger partial charge is 0.0843 e. The van der Waals surface area contributed by atoms with Crippen molar-refractivity contribution in [2.45, 2.75) is 25.7 Å². The van der Waals surface area contributed by atoms with E-state index in [0.29, 0.717) is 6.17 Å². The fourth-order valence-corrected chi connectivity index (χ4v) is 3.12. The second-order valence-corrected chi connectivity index (χ2v) is 5.13. The molecule has 4 rings (SSSR count). The molecule has 0 saturated carbocycles. The van der Waals surface area contributed by atoms with E-state index in [0.717, 1.165) is 19.5 Å². The first kappa shape index (κ1) is 10.2. The van der Waals surface area contributed by atoms with E-state index < -0.39 is 0 Å². The number of nitrogens with zero attached hydrogens (tertiary/aromatic N) is 1. The maximum Gasteiger partial charge on any atom is 0.0843 e. The third kappa shape index (κ3) is 1.46. The summed E-state index contributed by atoms with van der Waals surface area (Å²) in [4.78, 5) is 2.50. The van der Waals surface area contributed by atoms with Gasteiger partial charge in [-0.2, -0.15) is 0 Å². The third-order valence-electron chi connectivity index (χ3n) is 4.08. The first-order chi connectivity index (χ1) is 8.92. The van der Waals surface area contributed by atoms with Gasteiger partial charge in [0.25, 0.3) is 0 Å². The van der Waals surface area contributed by atoms with Crippen LogP contribution in [0.15, 0.2) is 48.5 Å². The molecule has 1 N–H and O–H groups in total. The average molecular weight is 236 g/mol. The molecule has 2 heterocycles. The highest BCUT2D eigenvalue weighted by atomic mass is 15.3. The molecular formula is C16H16N2. The number of benzene rings is 2. The molecule has 0 amide bonds. The van der Waals surface area contributed by atoms with Gasteiger partial charge in [-0.05, 0) is 22.8 Å². The highest BCUT2D eigenvalue weighted by Gasteiger charge is 2.30. The van der Waals surface area contributed by atoms with Gasteiger partial charge in [0.1, 0.15) is 0 Å². The Morgan fingerprint density at radius 1 is 0.889 bits per heavy atom. The molecule has 0 fully saturated rings. The lowest BCUT2D eigenvalue weighted by atomic mass is 10.1. The Bertz CT molecular complexity index is 585. The van der Waals surface area contributed by atoms with Crippen LogP contribution in [0.3, 0.4) is 0 Å². The van der Waals surface area contributed by atoms with Gasteiger partial charge in [0.2, 0.25) is 0 Å². The van der Waals surface area contributed by atoms with E-state index in [2.05, 4.69) is 58.7 Å². The highest BCUT2D eigenvalue weighted by molar-refractivity contribution is 5.60. The summed E-state index contributed by atoms with van der Waals surface area (Å²) in [5, 5.41) is 3.67. The van der Waals surface area contributed by atoms with Crippen molar-refractivity contribution < 1.29 is 0 Å². The minimum atomic E-state index is 0.454. The van der Waals surface area contributed by atoms with Crippen LogP contribution in [0.4, 0.5) is 5.69 Å². The van der Waals surface area contributed by atoms with Crippen LogP contribution in [-0.4, -0.2) is 6.17 Å². The Kier molecular flexibility index (Phi) is 2.17. The molecular weight excluding hydrogens is 220 g/mol. The van der Waals surface area contributed by atoms with E-state index in [1.165, 1.54) is 22.4 Å². The lowest BCUT2D eigenvalue weighted by molar-refractivity contribution is 0.517. The summed E-state index contributed by atoms with van der Waals surface area (Å²) in [6.07, 6.45) is 1.57. The quantitative estimate of drug-likeness (QED) is 0.756. The zero-order valence-corrected chi connectivity index (χ0v) is 10.3. The molecule has 2 aromatic rings. The van der Waals surface area contributed by atoms with E-state index in [9.17, 15) is 0 Å². The average Bonchev–Trinajstić information content (AvgIpc) is 2.65. The van der Waals surface area contributed by atoms with Crippen LogP contribution in [0.5, 0.6) is 0 Å². The standard InChI is InChI=1S/C16H16N2/c1-2-7-14-11-18-15-8-4-3-5-12(15)9-16(18)17-10-13(14)6-1/h1-8,16-17H,9-11H2.